The molecular formula is C24H24F2N4. The zero-order valence-corrected chi connectivity index (χ0v) is 16.7. The Morgan fingerprint density at radius 2 is 0.967 bits per heavy atom. The molecule has 2 heterocycles. The molecule has 0 aliphatic rings. The smallest absolute Gasteiger partial charge is 0.139 e. The summed E-state index contributed by atoms with van der Waals surface area (Å²) in [5.41, 5.74) is 1.85. The van der Waals surface area contributed by atoms with E-state index in [9.17, 15) is 8.78 Å². The van der Waals surface area contributed by atoms with Gasteiger partial charge in [-0.25, -0.2) is 18.7 Å². The van der Waals surface area contributed by atoms with Crippen molar-refractivity contribution in [3.63, 3.8) is 0 Å². The van der Waals surface area contributed by atoms with E-state index in [2.05, 4.69) is 19.1 Å². The van der Waals surface area contributed by atoms with Crippen LogP contribution in [0.1, 0.15) is 25.7 Å². The highest BCUT2D eigenvalue weighted by atomic mass is 19.1. The number of nitrogens with zero attached hydrogens (tertiary/aromatic N) is 4. The standard InChI is InChI=1S/C24H24F2N4/c25-21-9-5-19(6-10-21)23-27-13-17-29(23)15-3-1-2-4-16-30-18-14-28-24(30)20-7-11-22(26)12-8-20/h5-14,17-18H,1-4,15-16H2. The fraction of sp³-hybridized carbons (Fsp3) is 0.250. The lowest BCUT2D eigenvalue weighted by Gasteiger charge is -2.09. The Bertz CT molecular complexity index is 978. The van der Waals surface area contributed by atoms with E-state index in [-0.39, 0.29) is 11.6 Å². The number of rotatable bonds is 9. The Morgan fingerprint density at radius 1 is 0.567 bits per heavy atom. The summed E-state index contributed by atoms with van der Waals surface area (Å²) in [5.74, 6) is 1.27. The van der Waals surface area contributed by atoms with E-state index in [0.717, 1.165) is 61.5 Å². The van der Waals surface area contributed by atoms with Crippen LogP contribution in [0.15, 0.2) is 73.3 Å². The molecule has 30 heavy (non-hydrogen) atoms. The van der Waals surface area contributed by atoms with Gasteiger partial charge in [0.05, 0.1) is 0 Å². The summed E-state index contributed by atoms with van der Waals surface area (Å²) in [7, 11) is 0. The second-order valence-electron chi connectivity index (χ2n) is 7.32. The van der Waals surface area contributed by atoms with Gasteiger partial charge in [0, 0.05) is 49.0 Å². The maximum absolute atomic E-state index is 13.1. The number of aryl methyl sites for hydroxylation is 2. The minimum atomic E-state index is -0.239. The predicted molar refractivity (Wildman–Crippen MR) is 114 cm³/mol. The normalized spacial score (nSPS) is 11.1. The maximum atomic E-state index is 13.1. The summed E-state index contributed by atoms with van der Waals surface area (Å²) in [6, 6.07) is 12.9. The zero-order valence-electron chi connectivity index (χ0n) is 16.7. The van der Waals surface area contributed by atoms with Gasteiger partial charge in [0.1, 0.15) is 23.3 Å². The zero-order chi connectivity index (χ0) is 20.8. The van der Waals surface area contributed by atoms with Crippen molar-refractivity contribution in [3.8, 4) is 22.8 Å². The molecule has 0 unspecified atom stereocenters. The van der Waals surface area contributed by atoms with E-state index < -0.39 is 0 Å². The highest BCUT2D eigenvalue weighted by Gasteiger charge is 2.07. The number of hydrogen-bond donors (Lipinski definition) is 0. The molecule has 2 aromatic heterocycles. The first-order chi connectivity index (χ1) is 14.7. The van der Waals surface area contributed by atoms with Crippen LogP contribution in [0, 0.1) is 11.6 Å². The first-order valence-electron chi connectivity index (χ1n) is 10.2. The molecule has 0 fully saturated rings. The maximum Gasteiger partial charge on any atom is 0.139 e. The van der Waals surface area contributed by atoms with Gasteiger partial charge in [-0.3, -0.25) is 0 Å². The molecule has 4 nitrogen and oxygen atoms in total. The molecule has 6 heteroatoms. The van der Waals surface area contributed by atoms with Crippen LogP contribution < -0.4 is 0 Å². The topological polar surface area (TPSA) is 35.6 Å². The number of benzene rings is 2. The molecule has 0 bridgehead atoms. The third-order valence-electron chi connectivity index (χ3n) is 5.18. The van der Waals surface area contributed by atoms with Crippen LogP contribution in [0.25, 0.3) is 22.8 Å². The molecular weight excluding hydrogens is 382 g/mol. The van der Waals surface area contributed by atoms with Gasteiger partial charge in [0.15, 0.2) is 0 Å². The number of aromatic nitrogens is 4. The third-order valence-corrected chi connectivity index (χ3v) is 5.18. The average molecular weight is 406 g/mol. The molecule has 2 aromatic carbocycles. The van der Waals surface area contributed by atoms with E-state index in [4.69, 9.17) is 0 Å². The lowest BCUT2D eigenvalue weighted by atomic mass is 10.1. The number of hydrogen-bond acceptors (Lipinski definition) is 2. The van der Waals surface area contributed by atoms with Gasteiger partial charge in [-0.2, -0.15) is 0 Å². The summed E-state index contributed by atoms with van der Waals surface area (Å²) < 4.78 is 30.5. The van der Waals surface area contributed by atoms with Crippen LogP contribution in [0.2, 0.25) is 0 Å². The van der Waals surface area contributed by atoms with Crippen LogP contribution >= 0.6 is 0 Å². The molecule has 0 atom stereocenters. The first kappa shape index (κ1) is 20.0. The van der Waals surface area contributed by atoms with Crippen LogP contribution in [0.3, 0.4) is 0 Å². The van der Waals surface area contributed by atoms with Crippen molar-refractivity contribution < 1.29 is 8.78 Å². The molecule has 0 saturated heterocycles. The van der Waals surface area contributed by atoms with Crippen LogP contribution in [-0.2, 0) is 13.1 Å². The predicted octanol–water partition coefficient (Wildman–Crippen LogP) is 5.95. The van der Waals surface area contributed by atoms with Crippen LogP contribution in [-0.4, -0.2) is 19.1 Å². The summed E-state index contributed by atoms with van der Waals surface area (Å²) >= 11 is 0. The van der Waals surface area contributed by atoms with Gasteiger partial charge < -0.3 is 9.13 Å². The second-order valence-corrected chi connectivity index (χ2v) is 7.32. The second kappa shape index (κ2) is 9.48. The van der Waals surface area contributed by atoms with Crippen molar-refractivity contribution in [3.05, 3.63) is 85.0 Å². The Labute approximate surface area is 174 Å². The molecule has 0 spiro atoms. The van der Waals surface area contributed by atoms with Crippen molar-refractivity contribution >= 4 is 0 Å². The Balaban J connectivity index is 1.24. The van der Waals surface area contributed by atoms with Crippen molar-refractivity contribution in [2.24, 2.45) is 0 Å². The van der Waals surface area contributed by atoms with Crippen molar-refractivity contribution in [1.82, 2.24) is 19.1 Å². The van der Waals surface area contributed by atoms with Gasteiger partial charge >= 0.3 is 0 Å². The molecule has 154 valence electrons. The summed E-state index contributed by atoms with van der Waals surface area (Å²) in [6.07, 6.45) is 11.9. The van der Waals surface area contributed by atoms with Crippen molar-refractivity contribution in [2.75, 3.05) is 0 Å². The quantitative estimate of drug-likeness (QED) is 0.322. The van der Waals surface area contributed by atoms with Crippen LogP contribution in [0.4, 0.5) is 8.78 Å². The molecule has 0 radical (unpaired) electrons. The molecule has 0 N–H and O–H groups in total. The van der Waals surface area contributed by atoms with Crippen molar-refractivity contribution in [1.29, 1.82) is 0 Å². The first-order valence-corrected chi connectivity index (χ1v) is 10.2. The Morgan fingerprint density at radius 3 is 1.37 bits per heavy atom. The van der Waals surface area contributed by atoms with Gasteiger partial charge in [0.25, 0.3) is 0 Å². The van der Waals surface area contributed by atoms with Crippen molar-refractivity contribution in [2.45, 2.75) is 38.8 Å². The van der Waals surface area contributed by atoms with E-state index in [1.54, 1.807) is 36.7 Å². The molecule has 4 rings (SSSR count). The average Bonchev–Trinajstić information content (AvgIpc) is 3.41. The fourth-order valence-electron chi connectivity index (χ4n) is 3.62. The van der Waals surface area contributed by atoms with Gasteiger partial charge in [-0.05, 0) is 61.4 Å². The Hall–Kier alpha value is -3.28. The minimum Gasteiger partial charge on any atom is -0.331 e. The van der Waals surface area contributed by atoms with Crippen LogP contribution in [0.5, 0.6) is 0 Å². The van der Waals surface area contributed by atoms with Gasteiger partial charge in [-0.15, -0.1) is 0 Å². The monoisotopic (exact) mass is 406 g/mol. The van der Waals surface area contributed by atoms with E-state index in [1.807, 2.05) is 12.4 Å². The van der Waals surface area contributed by atoms with Gasteiger partial charge in [0.2, 0.25) is 0 Å². The molecule has 0 aliphatic carbocycles. The highest BCUT2D eigenvalue weighted by Crippen LogP contribution is 2.20. The van der Waals surface area contributed by atoms with E-state index in [1.165, 1.54) is 24.3 Å². The lowest BCUT2D eigenvalue weighted by Crippen LogP contribution is -2.01. The number of unbranched alkanes of at least 4 members (excludes halogenated alkanes) is 3. The molecule has 0 aliphatic heterocycles. The SMILES string of the molecule is Fc1ccc(-c2nccn2CCCCCCn2ccnc2-c2ccc(F)cc2)cc1. The fourth-order valence-corrected chi connectivity index (χ4v) is 3.62. The minimum absolute atomic E-state index is 0.239. The summed E-state index contributed by atoms with van der Waals surface area (Å²) in [4.78, 5) is 8.83. The highest BCUT2D eigenvalue weighted by molar-refractivity contribution is 5.56. The summed E-state index contributed by atoms with van der Waals surface area (Å²) in [6.45, 7) is 1.78. The molecule has 0 saturated carbocycles. The lowest BCUT2D eigenvalue weighted by molar-refractivity contribution is 0.542. The largest absolute Gasteiger partial charge is 0.331 e. The van der Waals surface area contributed by atoms with Gasteiger partial charge in [-0.1, -0.05) is 12.8 Å². The Kier molecular flexibility index (Phi) is 6.32. The molecule has 0 amide bonds. The van der Waals surface area contributed by atoms with E-state index >= 15 is 0 Å². The number of halogens is 2. The third kappa shape index (κ3) is 4.82. The van der Waals surface area contributed by atoms with E-state index in [0.29, 0.717) is 0 Å². The molecule has 4 aromatic rings. The number of imidazole rings is 2. The summed E-state index contributed by atoms with van der Waals surface area (Å²) in [5, 5.41) is 0.